The number of benzene rings is 1. The number of fused-ring (bicyclic) bond motifs is 1. The Morgan fingerprint density at radius 3 is 3.14 bits per heavy atom. The van der Waals surface area contributed by atoms with Crippen molar-refractivity contribution in [1.82, 2.24) is 0 Å². The van der Waals surface area contributed by atoms with E-state index in [9.17, 15) is 10.1 Å². The van der Waals surface area contributed by atoms with Gasteiger partial charge in [-0.15, -0.1) is 0 Å². The van der Waals surface area contributed by atoms with Gasteiger partial charge in [-0.05, 0) is 23.3 Å². The number of hydrogen-bond donors (Lipinski definition) is 0. The lowest BCUT2D eigenvalue weighted by atomic mass is 10.1. The van der Waals surface area contributed by atoms with Gasteiger partial charge in [-0.25, -0.2) is 0 Å². The second-order valence-corrected chi connectivity index (χ2v) is 3.01. The molecule has 1 aliphatic rings. The van der Waals surface area contributed by atoms with Gasteiger partial charge in [0.15, 0.2) is 0 Å². The van der Waals surface area contributed by atoms with Gasteiger partial charge in [0, 0.05) is 18.7 Å². The van der Waals surface area contributed by atoms with Crippen LogP contribution in [0.5, 0.6) is 0 Å². The molecule has 0 amide bonds. The van der Waals surface area contributed by atoms with Crippen LogP contribution in [0.4, 0.5) is 5.69 Å². The topological polar surface area (TPSA) is 55.5 Å². The zero-order valence-corrected chi connectivity index (χ0v) is 7.38. The van der Waals surface area contributed by atoms with E-state index in [1.807, 2.05) is 24.4 Å². The Morgan fingerprint density at radius 2 is 2.36 bits per heavy atom. The molecule has 2 rings (SSSR count). The minimum atomic E-state index is -0.469. The Kier molecular flexibility index (Phi) is 2.10. The molecule has 70 valence electrons. The monoisotopic (exact) mass is 188 g/mol. The summed E-state index contributed by atoms with van der Waals surface area (Å²) < 4.78 is 0. The zero-order valence-electron chi connectivity index (χ0n) is 7.38. The molecule has 0 saturated heterocycles. The van der Waals surface area contributed by atoms with Crippen molar-refractivity contribution in [3.8, 4) is 0 Å². The van der Waals surface area contributed by atoms with Crippen molar-refractivity contribution >= 4 is 18.0 Å². The van der Waals surface area contributed by atoms with E-state index in [0.29, 0.717) is 0 Å². The van der Waals surface area contributed by atoms with Crippen molar-refractivity contribution in [2.75, 3.05) is 0 Å². The Hall–Kier alpha value is -1.97. The van der Waals surface area contributed by atoms with Gasteiger partial charge < -0.3 is 0 Å². The van der Waals surface area contributed by atoms with Crippen LogP contribution in [0.25, 0.3) is 6.08 Å². The molecular weight excluding hydrogens is 180 g/mol. The smallest absolute Gasteiger partial charge is 0.235 e. The van der Waals surface area contributed by atoms with Gasteiger partial charge in [0.25, 0.3) is 0 Å². The van der Waals surface area contributed by atoms with E-state index in [1.54, 1.807) is 0 Å². The number of nitro groups is 1. The molecule has 0 aromatic heterocycles. The van der Waals surface area contributed by atoms with Gasteiger partial charge in [0.2, 0.25) is 6.20 Å². The summed E-state index contributed by atoms with van der Waals surface area (Å²) >= 11 is 0. The largest absolute Gasteiger partial charge is 0.261 e. The van der Waals surface area contributed by atoms with E-state index in [1.165, 1.54) is 6.08 Å². The van der Waals surface area contributed by atoms with Gasteiger partial charge in [-0.3, -0.25) is 15.1 Å². The standard InChI is InChI=1S/C10H8N2O2/c13-12(14)6-4-8-1-2-10-9(7-8)3-5-11-10/h1-2,4-7H,3H2/b6-4+. The highest BCUT2D eigenvalue weighted by atomic mass is 16.6. The summed E-state index contributed by atoms with van der Waals surface area (Å²) in [6.45, 7) is 0. The fraction of sp³-hybridized carbons (Fsp3) is 0.100. The highest BCUT2D eigenvalue weighted by molar-refractivity contribution is 5.76. The molecule has 0 unspecified atom stereocenters. The van der Waals surface area contributed by atoms with E-state index in [0.717, 1.165) is 29.4 Å². The maximum absolute atomic E-state index is 10.1. The van der Waals surface area contributed by atoms with Crippen molar-refractivity contribution in [2.45, 2.75) is 6.42 Å². The summed E-state index contributed by atoms with van der Waals surface area (Å²) in [6.07, 6.45) is 5.08. The van der Waals surface area contributed by atoms with Crippen LogP contribution in [0.2, 0.25) is 0 Å². The first-order valence-corrected chi connectivity index (χ1v) is 4.23. The fourth-order valence-electron chi connectivity index (χ4n) is 1.39. The molecule has 4 heteroatoms. The Labute approximate surface area is 80.7 Å². The Morgan fingerprint density at radius 1 is 1.50 bits per heavy atom. The summed E-state index contributed by atoms with van der Waals surface area (Å²) in [5, 5.41) is 10.1. The first-order chi connectivity index (χ1) is 6.75. The summed E-state index contributed by atoms with van der Waals surface area (Å²) in [4.78, 5) is 13.8. The third-order valence-corrected chi connectivity index (χ3v) is 2.03. The van der Waals surface area contributed by atoms with Gasteiger partial charge in [-0.1, -0.05) is 6.07 Å². The van der Waals surface area contributed by atoms with Crippen LogP contribution in [0.3, 0.4) is 0 Å². The van der Waals surface area contributed by atoms with E-state index in [4.69, 9.17) is 0 Å². The molecule has 0 atom stereocenters. The van der Waals surface area contributed by atoms with E-state index < -0.39 is 4.92 Å². The molecule has 0 saturated carbocycles. The summed E-state index contributed by atoms with van der Waals surface area (Å²) in [5.41, 5.74) is 2.92. The van der Waals surface area contributed by atoms with Gasteiger partial charge in [0.05, 0.1) is 10.6 Å². The molecule has 14 heavy (non-hydrogen) atoms. The first kappa shape index (κ1) is 8.62. The number of rotatable bonds is 2. The first-order valence-electron chi connectivity index (χ1n) is 4.23. The predicted molar refractivity (Wildman–Crippen MR) is 54.3 cm³/mol. The van der Waals surface area contributed by atoms with Crippen molar-refractivity contribution in [2.24, 2.45) is 4.99 Å². The van der Waals surface area contributed by atoms with Crippen LogP contribution in [0, 0.1) is 10.1 Å². The number of aliphatic imine (C=N–C) groups is 1. The van der Waals surface area contributed by atoms with Crippen LogP contribution in [0.15, 0.2) is 29.4 Å². The summed E-state index contributed by atoms with van der Waals surface area (Å²) in [7, 11) is 0. The minimum Gasteiger partial charge on any atom is -0.261 e. The maximum atomic E-state index is 10.1. The van der Waals surface area contributed by atoms with Crippen molar-refractivity contribution in [1.29, 1.82) is 0 Å². The lowest BCUT2D eigenvalue weighted by Crippen LogP contribution is -1.84. The second-order valence-electron chi connectivity index (χ2n) is 3.01. The van der Waals surface area contributed by atoms with Gasteiger partial charge >= 0.3 is 0 Å². The Balaban J connectivity index is 2.26. The molecule has 1 aliphatic heterocycles. The normalized spacial score (nSPS) is 13.4. The second kappa shape index (κ2) is 3.41. The van der Waals surface area contributed by atoms with Crippen LogP contribution in [0.1, 0.15) is 11.1 Å². The van der Waals surface area contributed by atoms with Crippen LogP contribution in [-0.4, -0.2) is 11.1 Å². The highest BCUT2D eigenvalue weighted by Gasteiger charge is 2.05. The molecule has 1 aromatic rings. The average Bonchev–Trinajstić information content (AvgIpc) is 2.61. The quantitative estimate of drug-likeness (QED) is 0.527. The van der Waals surface area contributed by atoms with E-state index >= 15 is 0 Å². The molecule has 0 N–H and O–H groups in total. The Bertz CT molecular complexity index is 436. The number of nitrogens with zero attached hydrogens (tertiary/aromatic N) is 2. The zero-order chi connectivity index (χ0) is 9.97. The third-order valence-electron chi connectivity index (χ3n) is 2.03. The molecule has 0 fully saturated rings. The summed E-state index contributed by atoms with van der Waals surface area (Å²) in [5.74, 6) is 0. The molecule has 0 bridgehead atoms. The molecular formula is C10H8N2O2. The van der Waals surface area contributed by atoms with Crippen molar-refractivity contribution < 1.29 is 4.92 Å². The SMILES string of the molecule is O=[N+]([O-])/C=C/c1ccc2c(c1)CC=N2. The average molecular weight is 188 g/mol. The van der Waals surface area contributed by atoms with Crippen molar-refractivity contribution in [3.05, 3.63) is 45.6 Å². The lowest BCUT2D eigenvalue weighted by molar-refractivity contribution is -0.400. The maximum Gasteiger partial charge on any atom is 0.235 e. The fourth-order valence-corrected chi connectivity index (χ4v) is 1.39. The third kappa shape index (κ3) is 1.69. The lowest BCUT2D eigenvalue weighted by Gasteiger charge is -1.97. The minimum absolute atomic E-state index is 0.469. The summed E-state index contributed by atoms with van der Waals surface area (Å²) in [6, 6.07) is 5.61. The predicted octanol–water partition coefficient (Wildman–Crippen LogP) is 2.19. The number of hydrogen-bond acceptors (Lipinski definition) is 3. The van der Waals surface area contributed by atoms with Crippen molar-refractivity contribution in [3.63, 3.8) is 0 Å². The van der Waals surface area contributed by atoms with Crippen LogP contribution in [-0.2, 0) is 6.42 Å². The van der Waals surface area contributed by atoms with Gasteiger partial charge in [-0.2, -0.15) is 0 Å². The molecule has 1 heterocycles. The molecule has 4 nitrogen and oxygen atoms in total. The van der Waals surface area contributed by atoms with E-state index in [-0.39, 0.29) is 0 Å². The molecule has 0 spiro atoms. The van der Waals surface area contributed by atoms with Crippen LogP contribution >= 0.6 is 0 Å². The molecule has 0 aliphatic carbocycles. The highest BCUT2D eigenvalue weighted by Crippen LogP contribution is 2.25. The van der Waals surface area contributed by atoms with Gasteiger partial charge in [0.1, 0.15) is 0 Å². The van der Waals surface area contributed by atoms with Crippen LogP contribution < -0.4 is 0 Å². The van der Waals surface area contributed by atoms with E-state index in [2.05, 4.69) is 4.99 Å². The molecule has 0 radical (unpaired) electrons. The molecule has 1 aromatic carbocycles.